The third-order valence-corrected chi connectivity index (χ3v) is 8.68. The van der Waals surface area contributed by atoms with E-state index < -0.39 is 0 Å². The maximum absolute atomic E-state index is 12.4. The molecule has 4 aliphatic rings. The van der Waals surface area contributed by atoms with Gasteiger partial charge in [0.25, 0.3) is 0 Å². The molecular weight excluding hydrogens is 340 g/mol. The molecule has 0 aromatic heterocycles. The molecule has 0 aromatic rings. The van der Waals surface area contributed by atoms with Crippen molar-refractivity contribution in [2.75, 3.05) is 0 Å². The lowest BCUT2D eigenvalue weighted by atomic mass is 9.46. The van der Waals surface area contributed by atoms with Gasteiger partial charge in [-0.25, -0.2) is 0 Å². The number of hydrogen-bond donors (Lipinski definition) is 0. The van der Waals surface area contributed by atoms with E-state index in [4.69, 9.17) is 4.74 Å². The predicted octanol–water partition coefficient (Wildman–Crippen LogP) is 4.27. The highest BCUT2D eigenvalue weighted by Gasteiger charge is 2.63. The lowest BCUT2D eigenvalue weighted by molar-refractivity contribution is -0.176. The summed E-state index contributed by atoms with van der Waals surface area (Å²) in [6.07, 6.45) is 8.02. The second kappa shape index (κ2) is 6.28. The summed E-state index contributed by atoms with van der Waals surface area (Å²) < 4.78 is 5.94. The average molecular weight is 373 g/mol. The molecule has 0 amide bonds. The number of ketones is 2. The van der Waals surface area contributed by atoms with E-state index in [2.05, 4.69) is 13.8 Å². The molecule has 0 aliphatic heterocycles. The number of fused-ring (bicyclic) bond motifs is 5. The first-order valence-electron chi connectivity index (χ1n) is 10.6. The molecule has 0 spiro atoms. The van der Waals surface area contributed by atoms with E-state index in [0.29, 0.717) is 18.3 Å². The number of esters is 1. The Morgan fingerprint density at radius 3 is 2.52 bits per heavy atom. The Labute approximate surface area is 162 Å². The minimum absolute atomic E-state index is 0.0629. The third-order valence-electron chi connectivity index (χ3n) is 8.68. The van der Waals surface area contributed by atoms with Crippen molar-refractivity contribution in [3.05, 3.63) is 11.6 Å². The van der Waals surface area contributed by atoms with Crippen LogP contribution < -0.4 is 0 Å². The van der Waals surface area contributed by atoms with Crippen molar-refractivity contribution in [2.24, 2.45) is 34.5 Å². The summed E-state index contributed by atoms with van der Waals surface area (Å²) in [5.41, 5.74) is 1.13. The molecule has 0 saturated heterocycles. The highest BCUT2D eigenvalue weighted by Crippen LogP contribution is 2.67. The van der Waals surface area contributed by atoms with Gasteiger partial charge in [-0.15, -0.1) is 0 Å². The van der Waals surface area contributed by atoms with Crippen molar-refractivity contribution in [1.82, 2.24) is 0 Å². The Hall–Kier alpha value is -1.45. The lowest BCUT2D eigenvalue weighted by Crippen LogP contribution is -2.57. The zero-order chi connectivity index (χ0) is 19.6. The van der Waals surface area contributed by atoms with Gasteiger partial charge in [-0.05, 0) is 74.2 Å². The zero-order valence-electron chi connectivity index (χ0n) is 17.0. The minimum Gasteiger partial charge on any atom is -0.462 e. The molecule has 0 N–H and O–H groups in total. The van der Waals surface area contributed by atoms with Crippen molar-refractivity contribution in [2.45, 2.75) is 78.7 Å². The van der Waals surface area contributed by atoms with E-state index in [1.54, 1.807) is 6.92 Å². The minimum atomic E-state index is -0.232. The summed E-state index contributed by atoms with van der Waals surface area (Å²) in [5, 5.41) is 0. The molecule has 3 fully saturated rings. The van der Waals surface area contributed by atoms with E-state index in [9.17, 15) is 14.4 Å². The SMILES string of the molecule is CC(=O)OC1C[C@]2(C)C(C(C)=O)CCC2C2CCC3=CC(=O)CC[C@]3(C)C12. The molecule has 0 aromatic carbocycles. The van der Waals surface area contributed by atoms with Gasteiger partial charge >= 0.3 is 5.97 Å². The highest BCUT2D eigenvalue weighted by atomic mass is 16.5. The molecule has 7 atom stereocenters. The molecule has 4 aliphatic carbocycles. The van der Waals surface area contributed by atoms with Crippen LogP contribution in [0, 0.1) is 34.5 Å². The van der Waals surface area contributed by atoms with Gasteiger partial charge < -0.3 is 4.74 Å². The number of allylic oxidation sites excluding steroid dienone is 1. The van der Waals surface area contributed by atoms with Crippen LogP contribution in [0.5, 0.6) is 0 Å². The van der Waals surface area contributed by atoms with Crippen molar-refractivity contribution in [1.29, 1.82) is 0 Å². The maximum Gasteiger partial charge on any atom is 0.302 e. The Bertz CT molecular complexity index is 722. The van der Waals surface area contributed by atoms with E-state index in [-0.39, 0.29) is 46.3 Å². The monoisotopic (exact) mass is 372 g/mol. The number of rotatable bonds is 2. The number of carbonyl (C=O) groups excluding carboxylic acids is 3. The number of Topliss-reactive ketones (excluding diaryl/α,β-unsaturated/α-hetero) is 1. The first-order chi connectivity index (χ1) is 12.7. The molecule has 3 saturated carbocycles. The first-order valence-corrected chi connectivity index (χ1v) is 10.6. The highest BCUT2D eigenvalue weighted by molar-refractivity contribution is 5.91. The van der Waals surface area contributed by atoms with E-state index >= 15 is 0 Å². The van der Waals surface area contributed by atoms with Crippen LogP contribution in [0.1, 0.15) is 72.6 Å². The van der Waals surface area contributed by atoms with Crippen LogP contribution in [0.25, 0.3) is 0 Å². The Kier molecular flexibility index (Phi) is 4.40. The summed E-state index contributed by atoms with van der Waals surface area (Å²) in [6, 6.07) is 0. The molecule has 5 unspecified atom stereocenters. The van der Waals surface area contributed by atoms with Gasteiger partial charge in [0.1, 0.15) is 11.9 Å². The van der Waals surface area contributed by atoms with Crippen LogP contribution in [0.15, 0.2) is 11.6 Å². The standard InChI is InChI=1S/C23H32O4/c1-13(24)18-7-8-19-17-6-5-15-11-16(26)9-10-22(15,3)21(17)20(27-14(2)25)12-23(18,19)4/h11,17-21H,5-10,12H2,1-4H3/t17?,18?,19?,20?,21?,22-,23+/m0/s1. The van der Waals surface area contributed by atoms with E-state index in [0.717, 1.165) is 38.5 Å². The van der Waals surface area contributed by atoms with Crippen molar-refractivity contribution in [3.63, 3.8) is 0 Å². The Morgan fingerprint density at radius 2 is 1.85 bits per heavy atom. The predicted molar refractivity (Wildman–Crippen MR) is 102 cm³/mol. The largest absolute Gasteiger partial charge is 0.462 e. The third kappa shape index (κ3) is 2.74. The first kappa shape index (κ1) is 18.9. The van der Waals surface area contributed by atoms with Crippen LogP contribution in [0.4, 0.5) is 0 Å². The normalized spacial score (nSPS) is 46.0. The number of ether oxygens (including phenoxy) is 1. The molecule has 4 rings (SSSR count). The van der Waals surface area contributed by atoms with Crippen molar-refractivity contribution in [3.8, 4) is 0 Å². The molecule has 4 heteroatoms. The fraction of sp³-hybridized carbons (Fsp3) is 0.783. The average Bonchev–Trinajstić information content (AvgIpc) is 2.91. The molecule has 0 bridgehead atoms. The molecule has 27 heavy (non-hydrogen) atoms. The topological polar surface area (TPSA) is 60.4 Å². The summed E-state index contributed by atoms with van der Waals surface area (Å²) in [5.74, 6) is 1.61. The molecule has 4 nitrogen and oxygen atoms in total. The summed E-state index contributed by atoms with van der Waals surface area (Å²) in [4.78, 5) is 36.4. The summed E-state index contributed by atoms with van der Waals surface area (Å²) in [6.45, 7) is 7.77. The van der Waals surface area contributed by atoms with E-state index in [1.165, 1.54) is 12.5 Å². The van der Waals surface area contributed by atoms with Gasteiger partial charge in [0.15, 0.2) is 5.78 Å². The molecule has 0 heterocycles. The second-order valence-electron chi connectivity index (χ2n) is 9.99. The second-order valence-corrected chi connectivity index (χ2v) is 9.99. The van der Waals surface area contributed by atoms with Crippen molar-refractivity contribution >= 4 is 17.5 Å². The van der Waals surface area contributed by atoms with Crippen LogP contribution in [0.3, 0.4) is 0 Å². The smallest absolute Gasteiger partial charge is 0.302 e. The van der Waals surface area contributed by atoms with Crippen LogP contribution in [-0.4, -0.2) is 23.6 Å². The van der Waals surface area contributed by atoms with E-state index in [1.807, 2.05) is 6.08 Å². The fourth-order valence-corrected chi connectivity index (χ4v) is 7.64. The quantitative estimate of drug-likeness (QED) is 0.679. The van der Waals surface area contributed by atoms with Crippen LogP contribution in [-0.2, 0) is 19.1 Å². The summed E-state index contributed by atoms with van der Waals surface area (Å²) in [7, 11) is 0. The number of hydrogen-bond acceptors (Lipinski definition) is 4. The van der Waals surface area contributed by atoms with Gasteiger partial charge in [0.05, 0.1) is 0 Å². The van der Waals surface area contributed by atoms with Gasteiger partial charge in [-0.2, -0.15) is 0 Å². The van der Waals surface area contributed by atoms with Gasteiger partial charge in [-0.1, -0.05) is 19.4 Å². The van der Waals surface area contributed by atoms with Crippen molar-refractivity contribution < 1.29 is 19.1 Å². The number of carbonyl (C=O) groups is 3. The summed E-state index contributed by atoms with van der Waals surface area (Å²) >= 11 is 0. The van der Waals surface area contributed by atoms with Gasteiger partial charge in [0.2, 0.25) is 0 Å². The molecule has 0 radical (unpaired) electrons. The Morgan fingerprint density at radius 1 is 1.11 bits per heavy atom. The lowest BCUT2D eigenvalue weighted by Gasteiger charge is -2.60. The molecular formula is C23H32O4. The van der Waals surface area contributed by atoms with Crippen LogP contribution >= 0.6 is 0 Å². The fourth-order valence-electron chi connectivity index (χ4n) is 7.64. The molecule has 148 valence electrons. The van der Waals surface area contributed by atoms with Gasteiger partial charge in [-0.3, -0.25) is 14.4 Å². The van der Waals surface area contributed by atoms with Crippen LogP contribution in [0.2, 0.25) is 0 Å². The Balaban J connectivity index is 1.77. The zero-order valence-corrected chi connectivity index (χ0v) is 17.0. The maximum atomic E-state index is 12.4. The van der Waals surface area contributed by atoms with Gasteiger partial charge in [0, 0.05) is 25.2 Å².